The van der Waals surface area contributed by atoms with E-state index in [1.54, 1.807) is 0 Å². The Balaban J connectivity index is 2.06. The summed E-state index contributed by atoms with van der Waals surface area (Å²) in [7, 11) is 0. The van der Waals surface area contributed by atoms with Crippen LogP contribution in [0.15, 0.2) is 0 Å². The van der Waals surface area contributed by atoms with Crippen LogP contribution >= 0.6 is 0 Å². The molecule has 0 aliphatic carbocycles. The van der Waals surface area contributed by atoms with Crippen molar-refractivity contribution in [1.82, 2.24) is 0 Å². The molecule has 0 radical (unpaired) electrons. The average Bonchev–Trinajstić information content (AvgIpc) is 2.19. The zero-order valence-corrected chi connectivity index (χ0v) is 5.74. The number of likely N-dealkylation sites (tertiary alicyclic amines) is 1. The molecule has 1 heterocycles. The molecule has 0 aromatic rings. The van der Waals surface area contributed by atoms with Gasteiger partial charge in [0.05, 0.1) is 19.6 Å². The van der Waals surface area contributed by atoms with Crippen molar-refractivity contribution in [3.63, 3.8) is 0 Å². The maximum Gasteiger partial charge on any atom is 0.0773 e. The van der Waals surface area contributed by atoms with Crippen LogP contribution in [0.1, 0.15) is 26.2 Å². The van der Waals surface area contributed by atoms with Gasteiger partial charge >= 0.3 is 0 Å². The van der Waals surface area contributed by atoms with Crippen LogP contribution in [0.5, 0.6) is 0 Å². The number of quaternary nitrogens is 1. The van der Waals surface area contributed by atoms with Crippen LogP contribution < -0.4 is 4.90 Å². The lowest BCUT2D eigenvalue weighted by molar-refractivity contribution is -0.887. The van der Waals surface area contributed by atoms with Crippen molar-refractivity contribution in [2.45, 2.75) is 26.2 Å². The molecule has 0 saturated carbocycles. The van der Waals surface area contributed by atoms with E-state index in [0.29, 0.717) is 0 Å². The predicted molar refractivity (Wildman–Crippen MR) is 35.1 cm³/mol. The van der Waals surface area contributed by atoms with Crippen molar-refractivity contribution in [1.29, 1.82) is 0 Å². The summed E-state index contributed by atoms with van der Waals surface area (Å²) in [5.74, 6) is 0. The molecule has 0 atom stereocenters. The molecule has 1 nitrogen and oxygen atoms in total. The molecule has 0 amide bonds. The highest BCUT2D eigenvalue weighted by Gasteiger charge is 2.12. The summed E-state index contributed by atoms with van der Waals surface area (Å²) in [6.45, 7) is 6.55. The molecule has 0 bridgehead atoms. The zero-order chi connectivity index (χ0) is 5.82. The van der Waals surface area contributed by atoms with Crippen molar-refractivity contribution in [2.24, 2.45) is 0 Å². The molecule has 1 rings (SSSR count). The van der Waals surface area contributed by atoms with Gasteiger partial charge in [-0.2, -0.15) is 0 Å². The number of nitrogens with one attached hydrogen (secondary N) is 1. The van der Waals surface area contributed by atoms with E-state index in [1.165, 1.54) is 38.9 Å². The van der Waals surface area contributed by atoms with E-state index in [1.807, 2.05) is 4.90 Å². The van der Waals surface area contributed by atoms with Gasteiger partial charge in [-0.05, 0) is 6.42 Å². The summed E-state index contributed by atoms with van der Waals surface area (Å²) in [6.07, 6.45) is 4.29. The maximum absolute atomic E-state index is 2.27. The fraction of sp³-hybridized carbons (Fsp3) is 1.00. The van der Waals surface area contributed by atoms with Gasteiger partial charge in [0.1, 0.15) is 0 Å². The smallest absolute Gasteiger partial charge is 0.0773 e. The average molecular weight is 114 g/mol. The summed E-state index contributed by atoms with van der Waals surface area (Å²) in [5, 5.41) is 0. The fourth-order valence-electron chi connectivity index (χ4n) is 1.48. The zero-order valence-electron chi connectivity index (χ0n) is 5.74. The Hall–Kier alpha value is -0.0400. The van der Waals surface area contributed by atoms with Crippen LogP contribution in [0.2, 0.25) is 0 Å². The predicted octanol–water partition coefficient (Wildman–Crippen LogP) is 0.0751. The van der Waals surface area contributed by atoms with E-state index >= 15 is 0 Å². The Bertz CT molecular complexity index is 55.4. The molecule has 48 valence electrons. The quantitative estimate of drug-likeness (QED) is 0.518. The number of rotatable bonds is 2. The van der Waals surface area contributed by atoms with Gasteiger partial charge in [0.15, 0.2) is 0 Å². The van der Waals surface area contributed by atoms with Crippen molar-refractivity contribution >= 4 is 0 Å². The minimum Gasteiger partial charge on any atom is -0.335 e. The second-order valence-electron chi connectivity index (χ2n) is 2.71. The Morgan fingerprint density at radius 2 is 1.88 bits per heavy atom. The summed E-state index contributed by atoms with van der Waals surface area (Å²) in [4.78, 5) is 1.83. The third-order valence-corrected chi connectivity index (χ3v) is 1.91. The number of hydrogen-bond acceptors (Lipinski definition) is 0. The number of hydrogen-bond donors (Lipinski definition) is 1. The van der Waals surface area contributed by atoms with E-state index in [0.717, 1.165) is 0 Å². The molecule has 1 N–H and O–H groups in total. The topological polar surface area (TPSA) is 4.44 Å². The molecule has 0 unspecified atom stereocenters. The monoisotopic (exact) mass is 114 g/mol. The van der Waals surface area contributed by atoms with E-state index < -0.39 is 0 Å². The van der Waals surface area contributed by atoms with E-state index in [2.05, 4.69) is 6.92 Å². The Kier molecular flexibility index (Phi) is 2.34. The Morgan fingerprint density at radius 1 is 1.25 bits per heavy atom. The van der Waals surface area contributed by atoms with Crippen LogP contribution in [-0.2, 0) is 0 Å². The molecular weight excluding hydrogens is 98.1 g/mol. The van der Waals surface area contributed by atoms with Crippen molar-refractivity contribution in [3.05, 3.63) is 0 Å². The van der Waals surface area contributed by atoms with Gasteiger partial charge in [-0.1, -0.05) is 6.92 Å². The first kappa shape index (κ1) is 6.09. The maximum atomic E-state index is 2.27. The fourth-order valence-corrected chi connectivity index (χ4v) is 1.48. The van der Waals surface area contributed by atoms with Crippen LogP contribution in [-0.4, -0.2) is 19.6 Å². The minimum atomic E-state index is 1.36. The molecule has 1 heteroatoms. The highest BCUT2D eigenvalue weighted by atomic mass is 15.1. The van der Waals surface area contributed by atoms with Gasteiger partial charge in [-0.3, -0.25) is 0 Å². The normalized spacial score (nSPS) is 22.1. The lowest BCUT2D eigenvalue weighted by Gasteiger charge is -2.08. The molecule has 0 aromatic carbocycles. The summed E-state index contributed by atoms with van der Waals surface area (Å²) in [5.41, 5.74) is 0. The molecule has 8 heavy (non-hydrogen) atoms. The van der Waals surface area contributed by atoms with E-state index in [9.17, 15) is 0 Å². The lowest BCUT2D eigenvalue weighted by Crippen LogP contribution is -3.09. The van der Waals surface area contributed by atoms with Crippen LogP contribution in [0.3, 0.4) is 0 Å². The van der Waals surface area contributed by atoms with E-state index in [-0.39, 0.29) is 0 Å². The lowest BCUT2D eigenvalue weighted by atomic mass is 10.4. The van der Waals surface area contributed by atoms with Crippen LogP contribution in [0, 0.1) is 0 Å². The van der Waals surface area contributed by atoms with Gasteiger partial charge < -0.3 is 4.90 Å². The first-order valence-corrected chi connectivity index (χ1v) is 3.77. The highest BCUT2D eigenvalue weighted by molar-refractivity contribution is 4.43. The third-order valence-electron chi connectivity index (χ3n) is 1.91. The van der Waals surface area contributed by atoms with Crippen LogP contribution in [0.25, 0.3) is 0 Å². The standard InChI is InChI=1S/C7H15N/c1-2-5-8-6-3-4-7-8/h2-7H2,1H3/p+1. The Morgan fingerprint density at radius 3 is 2.38 bits per heavy atom. The van der Waals surface area contributed by atoms with Gasteiger partial charge in [0, 0.05) is 12.8 Å². The summed E-state index contributed by atoms with van der Waals surface area (Å²) in [6, 6.07) is 0. The molecule has 1 saturated heterocycles. The molecular formula is C7H16N+. The Labute approximate surface area is 51.7 Å². The second-order valence-corrected chi connectivity index (χ2v) is 2.71. The van der Waals surface area contributed by atoms with Crippen molar-refractivity contribution in [2.75, 3.05) is 19.6 Å². The molecule has 1 aliphatic heterocycles. The van der Waals surface area contributed by atoms with E-state index in [4.69, 9.17) is 0 Å². The van der Waals surface area contributed by atoms with Gasteiger partial charge in [0.25, 0.3) is 0 Å². The van der Waals surface area contributed by atoms with Gasteiger partial charge in [-0.15, -0.1) is 0 Å². The third kappa shape index (κ3) is 1.48. The van der Waals surface area contributed by atoms with Crippen molar-refractivity contribution < 1.29 is 4.90 Å². The molecule has 0 spiro atoms. The van der Waals surface area contributed by atoms with Gasteiger partial charge in [0.2, 0.25) is 0 Å². The molecule has 0 aromatic heterocycles. The minimum absolute atomic E-state index is 1.36. The molecule has 1 aliphatic rings. The first-order chi connectivity index (χ1) is 3.93. The summed E-state index contributed by atoms with van der Waals surface area (Å²) >= 11 is 0. The van der Waals surface area contributed by atoms with Crippen molar-refractivity contribution in [3.8, 4) is 0 Å². The second kappa shape index (κ2) is 3.08. The largest absolute Gasteiger partial charge is 0.335 e. The first-order valence-electron chi connectivity index (χ1n) is 3.77. The highest BCUT2D eigenvalue weighted by Crippen LogP contribution is 1.87. The summed E-state index contributed by atoms with van der Waals surface area (Å²) < 4.78 is 0. The van der Waals surface area contributed by atoms with Gasteiger partial charge in [-0.25, -0.2) is 0 Å². The van der Waals surface area contributed by atoms with Crippen LogP contribution in [0.4, 0.5) is 0 Å². The molecule has 1 fully saturated rings. The SMILES string of the molecule is CCC[NH+]1CCCC1.